The number of nitrogens with one attached hydrogen (secondary N) is 1. The normalized spacial score (nSPS) is 17.4. The van der Waals surface area contributed by atoms with Crippen molar-refractivity contribution in [2.24, 2.45) is 0 Å². The molecule has 2 aliphatic rings. The molecule has 1 aromatic heterocycles. The topological polar surface area (TPSA) is 83.8 Å². The Balaban J connectivity index is 2.04. The first-order chi connectivity index (χ1) is 12.9. The lowest BCUT2D eigenvalue weighted by molar-refractivity contribution is 0.143. The van der Waals surface area contributed by atoms with Crippen molar-refractivity contribution in [2.45, 2.75) is 18.9 Å². The molecule has 7 nitrogen and oxygen atoms in total. The van der Waals surface area contributed by atoms with Crippen molar-refractivity contribution in [3.05, 3.63) is 33.9 Å². The zero-order valence-corrected chi connectivity index (χ0v) is 14.1. The van der Waals surface area contributed by atoms with Crippen LogP contribution in [0.3, 0.4) is 0 Å². The van der Waals surface area contributed by atoms with Crippen LogP contribution in [0, 0.1) is 17.5 Å². The van der Waals surface area contributed by atoms with Gasteiger partial charge in [0.2, 0.25) is 5.43 Å². The molecule has 2 fully saturated rings. The molecule has 0 bridgehead atoms. The van der Waals surface area contributed by atoms with E-state index in [1.807, 2.05) is 0 Å². The summed E-state index contributed by atoms with van der Waals surface area (Å²) in [5, 5.41) is 11.0. The third-order valence-corrected chi connectivity index (χ3v) is 4.81. The highest BCUT2D eigenvalue weighted by molar-refractivity contribution is 5.86. The zero-order chi connectivity index (χ0) is 19.3. The number of piperazine rings is 1. The van der Waals surface area contributed by atoms with Crippen LogP contribution in [0.2, 0.25) is 0 Å². The summed E-state index contributed by atoms with van der Waals surface area (Å²) in [6.07, 6.45) is 0.573. The highest BCUT2D eigenvalue weighted by Crippen LogP contribution is 2.41. The maximum absolute atomic E-state index is 15.3. The zero-order valence-electron chi connectivity index (χ0n) is 14.1. The van der Waals surface area contributed by atoms with Crippen LogP contribution in [-0.4, -0.2) is 42.0 Å². The summed E-state index contributed by atoms with van der Waals surface area (Å²) in [6.45, 7) is 1.54. The number of benzene rings is 1. The Kier molecular flexibility index (Phi) is 4.22. The summed E-state index contributed by atoms with van der Waals surface area (Å²) in [5.41, 5.74) is -2.08. The average Bonchev–Trinajstić information content (AvgIpc) is 3.47. The Morgan fingerprint density at radius 1 is 1.15 bits per heavy atom. The molecule has 1 saturated carbocycles. The lowest BCUT2D eigenvalue weighted by atomic mass is 10.1. The van der Waals surface area contributed by atoms with E-state index in [0.29, 0.717) is 25.9 Å². The first-order valence-electron chi connectivity index (χ1n) is 8.52. The number of nitrogens with zero attached hydrogens (tertiary/aromatic N) is 2. The fourth-order valence-corrected chi connectivity index (χ4v) is 3.43. The Labute approximate surface area is 150 Å². The number of anilines is 1. The Morgan fingerprint density at radius 2 is 1.81 bits per heavy atom. The minimum absolute atomic E-state index is 0.237. The third kappa shape index (κ3) is 2.89. The molecule has 0 amide bonds. The molecular formula is C17H16F3N3O4. The van der Waals surface area contributed by atoms with Crippen molar-refractivity contribution in [1.29, 1.82) is 0 Å². The maximum Gasteiger partial charge on any atom is 0.511 e. The average molecular weight is 383 g/mol. The lowest BCUT2D eigenvalue weighted by Gasteiger charge is -2.30. The van der Waals surface area contributed by atoms with Crippen LogP contribution in [0.5, 0.6) is 5.75 Å². The van der Waals surface area contributed by atoms with E-state index >= 15 is 4.39 Å². The van der Waals surface area contributed by atoms with Gasteiger partial charge in [-0.2, -0.15) is 0 Å². The summed E-state index contributed by atoms with van der Waals surface area (Å²) in [4.78, 5) is 24.7. The van der Waals surface area contributed by atoms with Gasteiger partial charge >= 0.3 is 6.16 Å². The molecule has 4 rings (SSSR count). The number of hydrogen-bond donors (Lipinski definition) is 2. The fourth-order valence-electron chi connectivity index (χ4n) is 3.43. The Bertz CT molecular complexity index is 998. The number of halogens is 3. The molecule has 10 heteroatoms. The minimum atomic E-state index is -1.77. The second-order valence-corrected chi connectivity index (χ2v) is 6.58. The van der Waals surface area contributed by atoms with Crippen LogP contribution in [0.4, 0.5) is 23.7 Å². The molecule has 0 atom stereocenters. The molecule has 0 spiro atoms. The fraction of sp³-hybridized carbons (Fsp3) is 0.412. The van der Waals surface area contributed by atoms with Crippen molar-refractivity contribution < 1.29 is 27.8 Å². The number of hydrogen-bond acceptors (Lipinski definition) is 5. The molecule has 1 saturated heterocycles. The van der Waals surface area contributed by atoms with Crippen molar-refractivity contribution >= 4 is 22.7 Å². The molecule has 1 aliphatic heterocycles. The number of pyridine rings is 1. The van der Waals surface area contributed by atoms with Crippen molar-refractivity contribution in [2.75, 3.05) is 31.1 Å². The van der Waals surface area contributed by atoms with E-state index in [0.717, 1.165) is 6.20 Å². The molecule has 144 valence electrons. The van der Waals surface area contributed by atoms with Crippen LogP contribution in [0.15, 0.2) is 11.0 Å². The van der Waals surface area contributed by atoms with Gasteiger partial charge in [-0.3, -0.25) is 4.79 Å². The highest BCUT2D eigenvalue weighted by Gasteiger charge is 2.33. The van der Waals surface area contributed by atoms with E-state index in [1.54, 1.807) is 0 Å². The van der Waals surface area contributed by atoms with Gasteiger partial charge in [-0.25, -0.2) is 18.0 Å². The number of carboxylic acid groups (broad SMARTS) is 1. The minimum Gasteiger partial charge on any atom is -0.449 e. The number of ether oxygens (including phenoxy) is 1. The molecule has 1 aromatic carbocycles. The van der Waals surface area contributed by atoms with Gasteiger partial charge in [0, 0.05) is 32.2 Å². The smallest absolute Gasteiger partial charge is 0.449 e. The van der Waals surface area contributed by atoms with E-state index in [1.165, 1.54) is 9.47 Å². The first kappa shape index (κ1) is 17.7. The molecule has 27 heavy (non-hydrogen) atoms. The van der Waals surface area contributed by atoms with E-state index in [9.17, 15) is 18.4 Å². The molecule has 0 unspecified atom stereocenters. The number of fused-ring (bicyclic) bond motifs is 1. The maximum atomic E-state index is 15.3. The standard InChI is InChI=1S/C17H16F3N3O4/c18-11-10-14(13(20)15(12(11)19)22-5-3-21-4-6-22)23(8-1-2-8)7-9(16(10)24)27-17(25)26/h7-8,21H,1-6H2,(H,25,26). The highest BCUT2D eigenvalue weighted by atomic mass is 19.2. The summed E-state index contributed by atoms with van der Waals surface area (Å²) >= 11 is 0. The van der Waals surface area contributed by atoms with Crippen molar-refractivity contribution in [1.82, 2.24) is 9.88 Å². The van der Waals surface area contributed by atoms with Crippen molar-refractivity contribution in [3.8, 4) is 5.75 Å². The van der Waals surface area contributed by atoms with Gasteiger partial charge in [0.25, 0.3) is 0 Å². The molecule has 0 radical (unpaired) electrons. The largest absolute Gasteiger partial charge is 0.511 e. The molecule has 2 N–H and O–H groups in total. The van der Waals surface area contributed by atoms with Crippen LogP contribution in [-0.2, 0) is 0 Å². The second-order valence-electron chi connectivity index (χ2n) is 6.58. The number of aromatic nitrogens is 1. The number of rotatable bonds is 3. The van der Waals surface area contributed by atoms with Gasteiger partial charge in [-0.1, -0.05) is 0 Å². The third-order valence-electron chi connectivity index (χ3n) is 4.81. The van der Waals surface area contributed by atoms with E-state index in [-0.39, 0.29) is 24.6 Å². The second kappa shape index (κ2) is 6.45. The van der Waals surface area contributed by atoms with Gasteiger partial charge in [0.05, 0.1) is 17.1 Å². The molecule has 2 heterocycles. The van der Waals surface area contributed by atoms with Crippen molar-refractivity contribution in [3.63, 3.8) is 0 Å². The lowest BCUT2D eigenvalue weighted by Crippen LogP contribution is -2.44. The monoisotopic (exact) mass is 383 g/mol. The summed E-state index contributed by atoms with van der Waals surface area (Å²) in [5.74, 6) is -4.69. The predicted molar refractivity (Wildman–Crippen MR) is 90.1 cm³/mol. The van der Waals surface area contributed by atoms with Gasteiger partial charge in [0.15, 0.2) is 23.2 Å². The quantitative estimate of drug-likeness (QED) is 0.625. The van der Waals surface area contributed by atoms with Crippen LogP contribution < -0.4 is 20.4 Å². The van der Waals surface area contributed by atoms with Crippen LogP contribution >= 0.6 is 0 Å². The Hall–Kier alpha value is -2.75. The van der Waals surface area contributed by atoms with Gasteiger partial charge in [-0.05, 0) is 12.8 Å². The van der Waals surface area contributed by atoms with Crippen LogP contribution in [0.1, 0.15) is 18.9 Å². The Morgan fingerprint density at radius 3 is 2.41 bits per heavy atom. The van der Waals surface area contributed by atoms with Gasteiger partial charge < -0.3 is 24.6 Å². The van der Waals surface area contributed by atoms with E-state index in [4.69, 9.17) is 5.11 Å². The molecular weight excluding hydrogens is 367 g/mol. The summed E-state index contributed by atoms with van der Waals surface area (Å²) < 4.78 is 50.6. The van der Waals surface area contributed by atoms with E-state index in [2.05, 4.69) is 10.1 Å². The molecule has 1 aliphatic carbocycles. The number of carbonyl (C=O) groups is 1. The summed E-state index contributed by atoms with van der Waals surface area (Å²) in [6, 6.07) is -0.237. The SMILES string of the molecule is O=C(O)Oc1cn(C2CC2)c2c(F)c(N3CCNCC3)c(F)c(F)c2c1=O. The molecule has 2 aromatic rings. The summed E-state index contributed by atoms with van der Waals surface area (Å²) in [7, 11) is 0. The predicted octanol–water partition coefficient (Wildman–Crippen LogP) is 2.22. The van der Waals surface area contributed by atoms with Gasteiger partial charge in [-0.15, -0.1) is 0 Å². The first-order valence-corrected chi connectivity index (χ1v) is 8.52. The van der Waals surface area contributed by atoms with E-state index < -0.39 is 45.9 Å². The van der Waals surface area contributed by atoms with Gasteiger partial charge in [0.1, 0.15) is 5.69 Å². The van der Waals surface area contributed by atoms with Crippen LogP contribution in [0.25, 0.3) is 10.9 Å².